The number of ether oxygens (including phenoxy) is 1. The molecule has 2 rings (SSSR count). The second kappa shape index (κ2) is 5.54. The quantitative estimate of drug-likeness (QED) is 0.878. The number of rotatable bonds is 3. The second-order valence-electron chi connectivity index (χ2n) is 6.75. The van der Waals surface area contributed by atoms with Crippen molar-refractivity contribution in [3.8, 4) is 5.75 Å². The smallest absolute Gasteiger partial charge is 0.119 e. The van der Waals surface area contributed by atoms with E-state index in [0.29, 0.717) is 0 Å². The Morgan fingerprint density at radius 2 is 1.79 bits per heavy atom. The van der Waals surface area contributed by atoms with Gasteiger partial charge in [0.25, 0.3) is 0 Å². The lowest BCUT2D eigenvalue weighted by Crippen LogP contribution is -2.52. The van der Waals surface area contributed by atoms with Gasteiger partial charge in [-0.25, -0.2) is 0 Å². The van der Waals surface area contributed by atoms with E-state index in [0.717, 1.165) is 5.75 Å². The Morgan fingerprint density at radius 1 is 1.11 bits per heavy atom. The SMILES string of the molecule is COc1cccc(C2(NC(C)(C)C)CCCCC2)c1. The third-order valence-corrected chi connectivity index (χ3v) is 3.94. The molecule has 0 bridgehead atoms. The van der Waals surface area contributed by atoms with Gasteiger partial charge in [-0.15, -0.1) is 0 Å². The van der Waals surface area contributed by atoms with Gasteiger partial charge in [0.15, 0.2) is 0 Å². The van der Waals surface area contributed by atoms with E-state index < -0.39 is 0 Å². The van der Waals surface area contributed by atoms with Crippen LogP contribution in [-0.2, 0) is 5.54 Å². The van der Waals surface area contributed by atoms with Gasteiger partial charge in [0.2, 0.25) is 0 Å². The lowest BCUT2D eigenvalue weighted by atomic mass is 9.75. The van der Waals surface area contributed by atoms with E-state index in [9.17, 15) is 0 Å². The van der Waals surface area contributed by atoms with Crippen molar-refractivity contribution in [2.75, 3.05) is 7.11 Å². The molecule has 1 aliphatic carbocycles. The third kappa shape index (κ3) is 3.50. The van der Waals surface area contributed by atoms with Gasteiger partial charge in [0, 0.05) is 11.1 Å². The summed E-state index contributed by atoms with van der Waals surface area (Å²) in [7, 11) is 1.74. The summed E-state index contributed by atoms with van der Waals surface area (Å²) in [5, 5.41) is 3.88. The van der Waals surface area contributed by atoms with Crippen molar-refractivity contribution in [2.45, 2.75) is 64.0 Å². The number of benzene rings is 1. The van der Waals surface area contributed by atoms with E-state index in [4.69, 9.17) is 4.74 Å². The molecule has 2 nitrogen and oxygen atoms in total. The molecule has 1 aromatic carbocycles. The Hall–Kier alpha value is -1.02. The molecule has 0 aromatic heterocycles. The van der Waals surface area contributed by atoms with Gasteiger partial charge >= 0.3 is 0 Å². The molecule has 106 valence electrons. The van der Waals surface area contributed by atoms with Crippen LogP contribution in [0, 0.1) is 0 Å². The Labute approximate surface area is 117 Å². The van der Waals surface area contributed by atoms with Crippen LogP contribution in [-0.4, -0.2) is 12.6 Å². The second-order valence-corrected chi connectivity index (χ2v) is 6.75. The monoisotopic (exact) mass is 261 g/mol. The normalized spacial score (nSPS) is 19.2. The van der Waals surface area contributed by atoms with Crippen molar-refractivity contribution in [3.05, 3.63) is 29.8 Å². The summed E-state index contributed by atoms with van der Waals surface area (Å²) in [5.41, 5.74) is 1.62. The lowest BCUT2D eigenvalue weighted by Gasteiger charge is -2.44. The summed E-state index contributed by atoms with van der Waals surface area (Å²) in [5.74, 6) is 0.957. The standard InChI is InChI=1S/C17H27NO/c1-16(2,3)18-17(11-6-5-7-12-17)14-9-8-10-15(13-14)19-4/h8-10,13,18H,5-7,11-12H2,1-4H3. The summed E-state index contributed by atoms with van der Waals surface area (Å²) in [6.45, 7) is 6.76. The lowest BCUT2D eigenvalue weighted by molar-refractivity contribution is 0.179. The van der Waals surface area contributed by atoms with Crippen molar-refractivity contribution in [2.24, 2.45) is 0 Å². The molecule has 19 heavy (non-hydrogen) atoms. The average molecular weight is 261 g/mol. The maximum absolute atomic E-state index is 5.39. The van der Waals surface area contributed by atoms with Crippen molar-refractivity contribution in [1.29, 1.82) is 0 Å². The van der Waals surface area contributed by atoms with Crippen LogP contribution in [0.5, 0.6) is 5.75 Å². The molecular weight excluding hydrogens is 234 g/mol. The predicted molar refractivity (Wildman–Crippen MR) is 80.6 cm³/mol. The number of hydrogen-bond acceptors (Lipinski definition) is 2. The van der Waals surface area contributed by atoms with Crippen LogP contribution in [0.1, 0.15) is 58.4 Å². The Balaban J connectivity index is 2.35. The van der Waals surface area contributed by atoms with E-state index in [2.05, 4.69) is 44.3 Å². The molecule has 0 heterocycles. The molecule has 1 saturated carbocycles. The molecule has 0 radical (unpaired) electrons. The first-order chi connectivity index (χ1) is 8.95. The highest BCUT2D eigenvalue weighted by molar-refractivity contribution is 5.34. The van der Waals surface area contributed by atoms with Gasteiger partial charge in [-0.05, 0) is 51.3 Å². The summed E-state index contributed by atoms with van der Waals surface area (Å²) >= 11 is 0. The van der Waals surface area contributed by atoms with Crippen molar-refractivity contribution >= 4 is 0 Å². The maximum atomic E-state index is 5.39. The topological polar surface area (TPSA) is 21.3 Å². The van der Waals surface area contributed by atoms with Gasteiger partial charge in [-0.1, -0.05) is 31.4 Å². The summed E-state index contributed by atoms with van der Waals surface area (Å²) in [4.78, 5) is 0. The van der Waals surface area contributed by atoms with Crippen LogP contribution in [0.3, 0.4) is 0 Å². The van der Waals surface area contributed by atoms with E-state index in [-0.39, 0.29) is 11.1 Å². The minimum atomic E-state index is 0.116. The van der Waals surface area contributed by atoms with E-state index in [1.807, 2.05) is 6.07 Å². The summed E-state index contributed by atoms with van der Waals surface area (Å²) in [6.07, 6.45) is 6.41. The van der Waals surface area contributed by atoms with Crippen LogP contribution in [0.4, 0.5) is 0 Å². The largest absolute Gasteiger partial charge is 0.497 e. The Bertz CT molecular complexity index is 414. The van der Waals surface area contributed by atoms with Gasteiger partial charge in [0.1, 0.15) is 5.75 Å². The minimum Gasteiger partial charge on any atom is -0.497 e. The molecule has 2 heteroatoms. The molecular formula is C17H27NO. The molecule has 1 aromatic rings. The van der Waals surface area contributed by atoms with Gasteiger partial charge in [0.05, 0.1) is 7.11 Å². The van der Waals surface area contributed by atoms with Crippen LogP contribution in [0.25, 0.3) is 0 Å². The molecule has 1 N–H and O–H groups in total. The van der Waals surface area contributed by atoms with Gasteiger partial charge < -0.3 is 10.1 Å². The first-order valence-electron chi connectivity index (χ1n) is 7.39. The van der Waals surface area contributed by atoms with Crippen molar-refractivity contribution < 1.29 is 4.74 Å². The Morgan fingerprint density at radius 3 is 2.37 bits per heavy atom. The van der Waals surface area contributed by atoms with Crippen LogP contribution < -0.4 is 10.1 Å². The maximum Gasteiger partial charge on any atom is 0.119 e. The third-order valence-electron chi connectivity index (χ3n) is 3.94. The fourth-order valence-electron chi connectivity index (χ4n) is 3.28. The predicted octanol–water partition coefficient (Wildman–Crippen LogP) is 4.24. The van der Waals surface area contributed by atoms with E-state index >= 15 is 0 Å². The fourth-order valence-corrected chi connectivity index (χ4v) is 3.28. The van der Waals surface area contributed by atoms with Gasteiger partial charge in [-0.2, -0.15) is 0 Å². The fraction of sp³-hybridized carbons (Fsp3) is 0.647. The molecule has 0 spiro atoms. The Kier molecular flexibility index (Phi) is 4.19. The zero-order valence-corrected chi connectivity index (χ0v) is 12.8. The van der Waals surface area contributed by atoms with E-state index in [1.165, 1.54) is 37.7 Å². The molecule has 0 unspecified atom stereocenters. The van der Waals surface area contributed by atoms with Crippen LogP contribution >= 0.6 is 0 Å². The zero-order valence-electron chi connectivity index (χ0n) is 12.8. The molecule has 0 atom stereocenters. The van der Waals surface area contributed by atoms with Crippen molar-refractivity contribution in [1.82, 2.24) is 5.32 Å². The highest BCUT2D eigenvalue weighted by atomic mass is 16.5. The number of hydrogen-bond donors (Lipinski definition) is 1. The first kappa shape index (κ1) is 14.4. The first-order valence-corrected chi connectivity index (χ1v) is 7.39. The molecule has 0 saturated heterocycles. The van der Waals surface area contributed by atoms with Crippen molar-refractivity contribution in [3.63, 3.8) is 0 Å². The molecule has 0 amide bonds. The van der Waals surface area contributed by atoms with E-state index in [1.54, 1.807) is 7.11 Å². The minimum absolute atomic E-state index is 0.116. The summed E-state index contributed by atoms with van der Waals surface area (Å²) < 4.78 is 5.39. The van der Waals surface area contributed by atoms with Crippen LogP contribution in [0.2, 0.25) is 0 Å². The average Bonchev–Trinajstić information content (AvgIpc) is 2.38. The number of methoxy groups -OCH3 is 1. The van der Waals surface area contributed by atoms with Crippen LogP contribution in [0.15, 0.2) is 24.3 Å². The number of nitrogens with one attached hydrogen (secondary N) is 1. The molecule has 1 fully saturated rings. The molecule has 1 aliphatic rings. The molecule has 0 aliphatic heterocycles. The highest BCUT2D eigenvalue weighted by Gasteiger charge is 2.36. The summed E-state index contributed by atoms with van der Waals surface area (Å²) in [6, 6.07) is 8.57. The highest BCUT2D eigenvalue weighted by Crippen LogP contribution is 2.39. The zero-order chi connectivity index (χ0) is 13.9. The van der Waals surface area contributed by atoms with Gasteiger partial charge in [-0.3, -0.25) is 0 Å².